The molecule has 2 rings (SSSR count). The van der Waals surface area contributed by atoms with E-state index < -0.39 is 15.8 Å². The molecular weight excluding hydrogens is 257 g/mol. The summed E-state index contributed by atoms with van der Waals surface area (Å²) >= 11 is 0. The minimum atomic E-state index is -3.77. The summed E-state index contributed by atoms with van der Waals surface area (Å²) < 4.78 is 45.0. The summed E-state index contributed by atoms with van der Waals surface area (Å²) in [4.78, 5) is -0.265. The van der Waals surface area contributed by atoms with Gasteiger partial charge in [0.1, 0.15) is 10.7 Å². The molecule has 0 bridgehead atoms. The Balaban J connectivity index is 2.33. The average molecular weight is 273 g/mol. The maximum atomic E-state index is 13.6. The fourth-order valence-corrected chi connectivity index (χ4v) is 3.59. The Bertz CT molecular complexity index is 518. The molecule has 0 radical (unpaired) electrons. The van der Waals surface area contributed by atoms with E-state index in [1.54, 1.807) is 0 Å². The molecule has 6 heteroatoms. The van der Waals surface area contributed by atoms with Crippen LogP contribution < -0.4 is 0 Å². The maximum Gasteiger partial charge on any atom is 0.246 e. The summed E-state index contributed by atoms with van der Waals surface area (Å²) in [7, 11) is -3.77. The Morgan fingerprint density at radius 3 is 2.83 bits per heavy atom. The molecule has 4 nitrogen and oxygen atoms in total. The van der Waals surface area contributed by atoms with E-state index in [4.69, 9.17) is 4.74 Å². The summed E-state index contributed by atoms with van der Waals surface area (Å²) in [5, 5.41) is 0. The standard InChI is InChI=1S/C12H16FNO3S/c1-10-9-14(7-4-8-17-10)18(15,16)12-6-3-2-5-11(12)13/h2-3,5-6,10H,4,7-9H2,1H3. The molecule has 0 aliphatic carbocycles. The molecule has 1 saturated heterocycles. The van der Waals surface area contributed by atoms with Crippen LogP contribution in [-0.4, -0.2) is 38.5 Å². The van der Waals surface area contributed by atoms with E-state index in [1.165, 1.54) is 22.5 Å². The van der Waals surface area contributed by atoms with E-state index in [0.717, 1.165) is 6.07 Å². The Kier molecular flexibility index (Phi) is 3.99. The van der Waals surface area contributed by atoms with Gasteiger partial charge in [0.25, 0.3) is 0 Å². The van der Waals surface area contributed by atoms with Gasteiger partial charge in [-0.3, -0.25) is 0 Å². The Hall–Kier alpha value is -0.980. The fourth-order valence-electron chi connectivity index (χ4n) is 1.97. The normalized spacial score (nSPS) is 22.7. The lowest BCUT2D eigenvalue weighted by Gasteiger charge is -2.21. The van der Waals surface area contributed by atoms with Crippen LogP contribution in [0, 0.1) is 5.82 Å². The van der Waals surface area contributed by atoms with Gasteiger partial charge in [-0.2, -0.15) is 4.31 Å². The highest BCUT2D eigenvalue weighted by Crippen LogP contribution is 2.21. The average Bonchev–Trinajstić information content (AvgIpc) is 2.54. The Morgan fingerprint density at radius 1 is 1.39 bits per heavy atom. The largest absolute Gasteiger partial charge is 0.377 e. The molecule has 1 aromatic rings. The highest BCUT2D eigenvalue weighted by atomic mass is 32.2. The van der Waals surface area contributed by atoms with Crippen molar-refractivity contribution in [2.45, 2.75) is 24.3 Å². The van der Waals surface area contributed by atoms with Crippen LogP contribution >= 0.6 is 0 Å². The van der Waals surface area contributed by atoms with Gasteiger partial charge in [0.05, 0.1) is 6.10 Å². The number of hydrogen-bond donors (Lipinski definition) is 0. The molecule has 1 fully saturated rings. The number of ether oxygens (including phenoxy) is 1. The van der Waals surface area contributed by atoms with Crippen molar-refractivity contribution in [2.24, 2.45) is 0 Å². The molecule has 1 aliphatic rings. The van der Waals surface area contributed by atoms with Gasteiger partial charge in [-0.05, 0) is 25.5 Å². The molecule has 1 heterocycles. The first-order valence-corrected chi connectivity index (χ1v) is 7.32. The molecule has 0 N–H and O–H groups in total. The lowest BCUT2D eigenvalue weighted by Crippen LogP contribution is -2.36. The minimum Gasteiger partial charge on any atom is -0.377 e. The number of rotatable bonds is 2. The second-order valence-corrected chi connectivity index (χ2v) is 6.23. The molecule has 0 spiro atoms. The lowest BCUT2D eigenvalue weighted by atomic mass is 10.3. The Labute approximate surface area is 106 Å². The van der Waals surface area contributed by atoms with Crippen LogP contribution in [-0.2, 0) is 14.8 Å². The first-order chi connectivity index (χ1) is 8.51. The molecule has 1 unspecified atom stereocenters. The van der Waals surface area contributed by atoms with Crippen LogP contribution in [0.25, 0.3) is 0 Å². The van der Waals surface area contributed by atoms with Gasteiger partial charge in [-0.1, -0.05) is 12.1 Å². The summed E-state index contributed by atoms with van der Waals surface area (Å²) in [6.07, 6.45) is 0.451. The molecule has 100 valence electrons. The minimum absolute atomic E-state index is 0.172. The quantitative estimate of drug-likeness (QED) is 0.822. The van der Waals surface area contributed by atoms with Crippen molar-refractivity contribution < 1.29 is 17.5 Å². The van der Waals surface area contributed by atoms with Gasteiger partial charge >= 0.3 is 0 Å². The van der Waals surface area contributed by atoms with Crippen LogP contribution in [0.15, 0.2) is 29.2 Å². The zero-order chi connectivity index (χ0) is 13.2. The van der Waals surface area contributed by atoms with Crippen molar-refractivity contribution >= 4 is 10.0 Å². The van der Waals surface area contributed by atoms with Crippen molar-refractivity contribution in [3.63, 3.8) is 0 Å². The van der Waals surface area contributed by atoms with Gasteiger partial charge in [-0.15, -0.1) is 0 Å². The first kappa shape index (κ1) is 13.5. The van der Waals surface area contributed by atoms with E-state index in [-0.39, 0.29) is 17.5 Å². The topological polar surface area (TPSA) is 46.6 Å². The van der Waals surface area contributed by atoms with Crippen LogP contribution in [0.5, 0.6) is 0 Å². The van der Waals surface area contributed by atoms with Crippen LogP contribution in [0.3, 0.4) is 0 Å². The number of halogens is 1. The molecule has 0 saturated carbocycles. The SMILES string of the molecule is CC1CN(S(=O)(=O)c2ccccc2F)CCCO1. The molecule has 1 aromatic carbocycles. The second-order valence-electron chi connectivity index (χ2n) is 4.33. The number of benzene rings is 1. The predicted octanol–water partition coefficient (Wildman–Crippen LogP) is 1.63. The van der Waals surface area contributed by atoms with Gasteiger partial charge in [0.15, 0.2) is 0 Å². The van der Waals surface area contributed by atoms with E-state index in [1.807, 2.05) is 6.92 Å². The highest BCUT2D eigenvalue weighted by Gasteiger charge is 2.29. The van der Waals surface area contributed by atoms with E-state index in [0.29, 0.717) is 19.6 Å². The van der Waals surface area contributed by atoms with Crippen molar-refractivity contribution in [1.29, 1.82) is 0 Å². The second kappa shape index (κ2) is 5.34. The third kappa shape index (κ3) is 2.71. The molecule has 18 heavy (non-hydrogen) atoms. The number of sulfonamides is 1. The van der Waals surface area contributed by atoms with Crippen LogP contribution in [0.4, 0.5) is 4.39 Å². The van der Waals surface area contributed by atoms with Crippen molar-refractivity contribution in [3.8, 4) is 0 Å². The lowest BCUT2D eigenvalue weighted by molar-refractivity contribution is 0.0752. The van der Waals surface area contributed by atoms with E-state index in [9.17, 15) is 12.8 Å². The van der Waals surface area contributed by atoms with Crippen molar-refractivity contribution in [1.82, 2.24) is 4.31 Å². The molecule has 1 atom stereocenters. The first-order valence-electron chi connectivity index (χ1n) is 5.88. The summed E-state index contributed by atoms with van der Waals surface area (Å²) in [5.74, 6) is -0.713. The molecule has 0 aromatic heterocycles. The van der Waals surface area contributed by atoms with Gasteiger partial charge in [0.2, 0.25) is 10.0 Å². The zero-order valence-corrected chi connectivity index (χ0v) is 11.0. The monoisotopic (exact) mass is 273 g/mol. The van der Waals surface area contributed by atoms with Gasteiger partial charge in [0, 0.05) is 19.7 Å². The van der Waals surface area contributed by atoms with E-state index in [2.05, 4.69) is 0 Å². The van der Waals surface area contributed by atoms with Gasteiger partial charge in [-0.25, -0.2) is 12.8 Å². The molecular formula is C12H16FNO3S. The van der Waals surface area contributed by atoms with E-state index >= 15 is 0 Å². The van der Waals surface area contributed by atoms with Gasteiger partial charge < -0.3 is 4.74 Å². The predicted molar refractivity (Wildman–Crippen MR) is 65.2 cm³/mol. The molecule has 1 aliphatic heterocycles. The van der Waals surface area contributed by atoms with Crippen molar-refractivity contribution in [2.75, 3.05) is 19.7 Å². The van der Waals surface area contributed by atoms with Crippen LogP contribution in [0.2, 0.25) is 0 Å². The smallest absolute Gasteiger partial charge is 0.246 e. The number of nitrogens with zero attached hydrogens (tertiary/aromatic N) is 1. The number of hydrogen-bond acceptors (Lipinski definition) is 3. The fraction of sp³-hybridized carbons (Fsp3) is 0.500. The summed E-state index contributed by atoms with van der Waals surface area (Å²) in [6.45, 7) is 2.97. The Morgan fingerprint density at radius 2 is 2.11 bits per heavy atom. The summed E-state index contributed by atoms with van der Waals surface area (Å²) in [5.41, 5.74) is 0. The highest BCUT2D eigenvalue weighted by molar-refractivity contribution is 7.89. The summed E-state index contributed by atoms with van der Waals surface area (Å²) in [6, 6.07) is 5.45. The third-order valence-electron chi connectivity index (χ3n) is 2.87. The third-order valence-corrected chi connectivity index (χ3v) is 4.77. The maximum absolute atomic E-state index is 13.6. The van der Waals surface area contributed by atoms with Crippen molar-refractivity contribution in [3.05, 3.63) is 30.1 Å². The zero-order valence-electron chi connectivity index (χ0n) is 10.2. The molecule has 0 amide bonds. The van der Waals surface area contributed by atoms with Crippen LogP contribution in [0.1, 0.15) is 13.3 Å².